The fourth-order valence-electron chi connectivity index (χ4n) is 4.81. The number of pyridine rings is 1. The number of halogens is 1. The molecule has 0 bridgehead atoms. The minimum atomic E-state index is -0.264. The second kappa shape index (κ2) is 8.69. The highest BCUT2D eigenvalue weighted by molar-refractivity contribution is 7.99. The number of nitrogens with zero attached hydrogens (tertiary/aromatic N) is 4. The normalized spacial score (nSPS) is 15.4. The molecule has 3 aromatic carbocycles. The fourth-order valence-corrected chi connectivity index (χ4v) is 6.04. The first-order valence-corrected chi connectivity index (χ1v) is 12.4. The van der Waals surface area contributed by atoms with E-state index in [2.05, 4.69) is 35.3 Å². The topological polar surface area (TPSA) is 43.6 Å². The Morgan fingerprint density at radius 1 is 0.912 bits per heavy atom. The molecule has 0 saturated heterocycles. The molecule has 0 fully saturated rings. The molecule has 5 aromatic rings. The zero-order valence-corrected chi connectivity index (χ0v) is 19.6. The van der Waals surface area contributed by atoms with E-state index in [9.17, 15) is 4.39 Å². The number of aromatic nitrogens is 4. The predicted octanol–water partition coefficient (Wildman–Crippen LogP) is 7.10. The maximum atomic E-state index is 13.7. The third-order valence-corrected chi connectivity index (χ3v) is 7.73. The van der Waals surface area contributed by atoms with Crippen molar-refractivity contribution >= 4 is 22.7 Å². The maximum absolute atomic E-state index is 13.7. The summed E-state index contributed by atoms with van der Waals surface area (Å²) in [4.78, 5) is 5.11. The summed E-state index contributed by atoms with van der Waals surface area (Å²) in [5.74, 6) is 0.480. The quantitative estimate of drug-likeness (QED) is 0.283. The van der Waals surface area contributed by atoms with Gasteiger partial charge in [-0.05, 0) is 67.6 Å². The number of fused-ring (bicyclic) bond motifs is 2. The smallest absolute Gasteiger partial charge is 0.196 e. The molecule has 0 spiro atoms. The second-order valence-electron chi connectivity index (χ2n) is 8.60. The van der Waals surface area contributed by atoms with E-state index in [1.165, 1.54) is 28.6 Å². The number of para-hydroxylation sites is 1. The van der Waals surface area contributed by atoms with Gasteiger partial charge in [0.25, 0.3) is 0 Å². The lowest BCUT2D eigenvalue weighted by molar-refractivity contribution is 0.627. The standard InChI is InChI=1S/C28H23FN4S/c1-18-22-10-5-6-12-24(22)30-26-23(18)11-7-13-25(26)34-28-32-31-27(19-8-3-2-4-9-19)33(28)21-16-14-20(29)15-17-21/h2-6,8-10,12,14-17,25H,7,11,13H2,1H3. The zero-order chi connectivity index (χ0) is 23.1. The molecule has 1 aliphatic rings. The minimum Gasteiger partial charge on any atom is -0.270 e. The van der Waals surface area contributed by atoms with Crippen molar-refractivity contribution in [2.24, 2.45) is 0 Å². The van der Waals surface area contributed by atoms with Crippen LogP contribution in [0.15, 0.2) is 84.0 Å². The van der Waals surface area contributed by atoms with Gasteiger partial charge in [0.05, 0.1) is 16.5 Å². The molecule has 6 heteroatoms. The summed E-state index contributed by atoms with van der Waals surface area (Å²) in [5.41, 5.74) is 6.69. The SMILES string of the molecule is Cc1c2c(nc3ccccc13)C(Sc1nnc(-c3ccccc3)n1-c1ccc(F)cc1)CCC2. The van der Waals surface area contributed by atoms with E-state index in [1.54, 1.807) is 23.9 Å². The van der Waals surface area contributed by atoms with Crippen molar-refractivity contribution in [1.29, 1.82) is 0 Å². The average molecular weight is 467 g/mol. The molecule has 1 atom stereocenters. The number of benzene rings is 3. The number of thioether (sulfide) groups is 1. The Morgan fingerprint density at radius 3 is 2.50 bits per heavy atom. The van der Waals surface area contributed by atoms with E-state index in [1.807, 2.05) is 41.0 Å². The van der Waals surface area contributed by atoms with Gasteiger partial charge >= 0.3 is 0 Å². The summed E-state index contributed by atoms with van der Waals surface area (Å²) < 4.78 is 15.7. The lowest BCUT2D eigenvalue weighted by Crippen LogP contribution is -2.13. The largest absolute Gasteiger partial charge is 0.270 e. The highest BCUT2D eigenvalue weighted by Gasteiger charge is 2.28. The van der Waals surface area contributed by atoms with E-state index < -0.39 is 0 Å². The molecule has 2 aromatic heterocycles. The first kappa shape index (κ1) is 21.1. The van der Waals surface area contributed by atoms with Crippen molar-refractivity contribution in [3.8, 4) is 17.1 Å². The van der Waals surface area contributed by atoms with Gasteiger partial charge in [-0.15, -0.1) is 10.2 Å². The number of hydrogen-bond donors (Lipinski definition) is 0. The zero-order valence-electron chi connectivity index (χ0n) is 18.8. The molecule has 168 valence electrons. The number of aryl methyl sites for hydroxylation is 1. The Kier molecular flexibility index (Phi) is 5.38. The van der Waals surface area contributed by atoms with Crippen LogP contribution in [0.25, 0.3) is 28.0 Å². The summed E-state index contributed by atoms with van der Waals surface area (Å²) in [7, 11) is 0. The van der Waals surface area contributed by atoms with Crippen LogP contribution < -0.4 is 0 Å². The van der Waals surface area contributed by atoms with Gasteiger partial charge in [-0.25, -0.2) is 4.39 Å². The Labute approximate surface area is 201 Å². The van der Waals surface area contributed by atoms with Gasteiger partial charge in [0.15, 0.2) is 11.0 Å². The van der Waals surface area contributed by atoms with Crippen molar-refractivity contribution in [1.82, 2.24) is 19.7 Å². The van der Waals surface area contributed by atoms with Crippen molar-refractivity contribution in [2.45, 2.75) is 36.6 Å². The van der Waals surface area contributed by atoms with E-state index in [-0.39, 0.29) is 11.1 Å². The van der Waals surface area contributed by atoms with Crippen molar-refractivity contribution < 1.29 is 4.39 Å². The molecule has 1 unspecified atom stereocenters. The minimum absolute atomic E-state index is 0.180. The van der Waals surface area contributed by atoms with E-state index in [0.717, 1.165) is 52.7 Å². The summed E-state index contributed by atoms with van der Waals surface area (Å²) in [6, 6.07) is 24.9. The lowest BCUT2D eigenvalue weighted by atomic mass is 9.90. The number of rotatable bonds is 4. The third-order valence-electron chi connectivity index (χ3n) is 6.51. The molecule has 0 aliphatic heterocycles. The maximum Gasteiger partial charge on any atom is 0.196 e. The van der Waals surface area contributed by atoms with Crippen LogP contribution in [0.5, 0.6) is 0 Å². The van der Waals surface area contributed by atoms with Gasteiger partial charge in [-0.3, -0.25) is 9.55 Å². The van der Waals surface area contributed by atoms with Crippen molar-refractivity contribution in [3.05, 3.63) is 102 Å². The van der Waals surface area contributed by atoms with Gasteiger partial charge in [-0.2, -0.15) is 0 Å². The average Bonchev–Trinajstić information content (AvgIpc) is 3.29. The molecular weight excluding hydrogens is 443 g/mol. The van der Waals surface area contributed by atoms with Gasteiger partial charge in [0.2, 0.25) is 0 Å². The predicted molar refractivity (Wildman–Crippen MR) is 135 cm³/mol. The van der Waals surface area contributed by atoms with Crippen LogP contribution in [0.2, 0.25) is 0 Å². The molecule has 0 radical (unpaired) electrons. The van der Waals surface area contributed by atoms with Crippen LogP contribution in [0, 0.1) is 12.7 Å². The molecular formula is C28H23FN4S. The second-order valence-corrected chi connectivity index (χ2v) is 9.77. The molecule has 0 amide bonds. The van der Waals surface area contributed by atoms with Gasteiger partial charge < -0.3 is 0 Å². The Morgan fingerprint density at radius 2 is 1.68 bits per heavy atom. The van der Waals surface area contributed by atoms with Gasteiger partial charge in [0.1, 0.15) is 5.82 Å². The molecule has 0 N–H and O–H groups in total. The van der Waals surface area contributed by atoms with E-state index >= 15 is 0 Å². The molecule has 34 heavy (non-hydrogen) atoms. The monoisotopic (exact) mass is 466 g/mol. The van der Waals surface area contributed by atoms with Crippen molar-refractivity contribution in [3.63, 3.8) is 0 Å². The first-order valence-electron chi connectivity index (χ1n) is 11.5. The molecule has 4 nitrogen and oxygen atoms in total. The van der Waals surface area contributed by atoms with Crippen LogP contribution >= 0.6 is 11.8 Å². The van der Waals surface area contributed by atoms with Crippen LogP contribution in [0.3, 0.4) is 0 Å². The third kappa shape index (κ3) is 3.68. The Bertz CT molecular complexity index is 1480. The van der Waals surface area contributed by atoms with Crippen LogP contribution in [0.1, 0.15) is 34.9 Å². The molecule has 2 heterocycles. The summed E-state index contributed by atoms with van der Waals surface area (Å²) in [5, 5.41) is 11.3. The van der Waals surface area contributed by atoms with Crippen LogP contribution in [-0.2, 0) is 6.42 Å². The molecule has 6 rings (SSSR count). The Hall–Kier alpha value is -3.51. The fraction of sp³-hybridized carbons (Fsp3) is 0.179. The van der Waals surface area contributed by atoms with Gasteiger partial charge in [0, 0.05) is 16.6 Å². The highest BCUT2D eigenvalue weighted by Crippen LogP contribution is 2.45. The summed E-state index contributed by atoms with van der Waals surface area (Å²) >= 11 is 1.70. The summed E-state index contributed by atoms with van der Waals surface area (Å²) in [6.45, 7) is 2.21. The lowest BCUT2D eigenvalue weighted by Gasteiger charge is -2.26. The van der Waals surface area contributed by atoms with E-state index in [0.29, 0.717) is 0 Å². The van der Waals surface area contributed by atoms with Crippen LogP contribution in [0.4, 0.5) is 4.39 Å². The van der Waals surface area contributed by atoms with Crippen molar-refractivity contribution in [2.75, 3.05) is 0 Å². The number of hydrogen-bond acceptors (Lipinski definition) is 4. The van der Waals surface area contributed by atoms with Gasteiger partial charge in [-0.1, -0.05) is 60.3 Å². The van der Waals surface area contributed by atoms with Crippen LogP contribution in [-0.4, -0.2) is 19.7 Å². The first-order chi connectivity index (χ1) is 16.7. The Balaban J connectivity index is 1.46. The van der Waals surface area contributed by atoms with E-state index in [4.69, 9.17) is 4.98 Å². The summed E-state index contributed by atoms with van der Waals surface area (Å²) in [6.07, 6.45) is 3.19. The molecule has 0 saturated carbocycles. The molecule has 1 aliphatic carbocycles. The highest BCUT2D eigenvalue weighted by atomic mass is 32.2.